The number of fused-ring (bicyclic) bond motifs is 1. The molecule has 0 spiro atoms. The molecule has 2 aromatic heterocycles. The average Bonchev–Trinajstić information content (AvgIpc) is 3.08. The Balaban J connectivity index is 1.91. The summed E-state index contributed by atoms with van der Waals surface area (Å²) in [5, 5.41) is 10.5. The molecule has 0 amide bonds. The van der Waals surface area contributed by atoms with E-state index in [0.717, 1.165) is 6.92 Å². The highest BCUT2D eigenvalue weighted by molar-refractivity contribution is 7.46. The zero-order valence-corrected chi connectivity index (χ0v) is 14.3. The number of nitrogens with zero attached hydrogens (tertiary/aromatic N) is 4. The minimum Gasteiger partial charge on any atom is -0.457 e. The number of aliphatic hydroxyl groups excluding tert-OH is 1. The van der Waals surface area contributed by atoms with Crippen molar-refractivity contribution in [3.05, 3.63) is 12.7 Å². The standard InChI is InChI=1S/C12H16N5O8P/c1-5(18)24-9-6(2-23-26(20,21)22)25-12(8(9)19)17-4-16-7-10(13)14-3-15-11(7)17/h3-4,6,8-9,12,19H,2H2,1H3,(H2,13,14,15)(H2,20,21,22)/t6-,8-,9-,12-/m1/s1. The number of carbonyl (C=O) groups excluding carboxylic acids is 1. The average molecular weight is 389 g/mol. The third-order valence-corrected chi connectivity index (χ3v) is 4.17. The van der Waals surface area contributed by atoms with Gasteiger partial charge in [0, 0.05) is 6.92 Å². The van der Waals surface area contributed by atoms with Crippen LogP contribution in [0.1, 0.15) is 13.2 Å². The number of aromatic nitrogens is 4. The first-order valence-electron chi connectivity index (χ1n) is 7.31. The van der Waals surface area contributed by atoms with Gasteiger partial charge in [0.15, 0.2) is 23.8 Å². The topological polar surface area (TPSA) is 192 Å². The fraction of sp³-hybridized carbons (Fsp3) is 0.500. The zero-order valence-electron chi connectivity index (χ0n) is 13.4. The minimum atomic E-state index is -4.78. The molecule has 1 saturated heterocycles. The molecule has 0 radical (unpaired) electrons. The van der Waals surface area contributed by atoms with Crippen molar-refractivity contribution in [2.75, 3.05) is 12.3 Å². The first kappa shape index (κ1) is 18.6. The summed E-state index contributed by atoms with van der Waals surface area (Å²) in [6.07, 6.45) is -2.33. The fourth-order valence-corrected chi connectivity index (χ4v) is 2.99. The molecule has 0 unspecified atom stereocenters. The summed E-state index contributed by atoms with van der Waals surface area (Å²) in [5.74, 6) is -0.583. The second kappa shape index (κ2) is 6.87. The Bertz CT molecular complexity index is 868. The van der Waals surface area contributed by atoms with Crippen LogP contribution < -0.4 is 5.73 Å². The van der Waals surface area contributed by atoms with E-state index in [9.17, 15) is 14.5 Å². The maximum absolute atomic E-state index is 11.3. The third-order valence-electron chi connectivity index (χ3n) is 3.68. The largest absolute Gasteiger partial charge is 0.469 e. The van der Waals surface area contributed by atoms with Gasteiger partial charge in [0.05, 0.1) is 12.9 Å². The number of imidazole rings is 1. The van der Waals surface area contributed by atoms with E-state index in [1.165, 1.54) is 17.2 Å². The molecule has 26 heavy (non-hydrogen) atoms. The first-order chi connectivity index (χ1) is 12.2. The lowest BCUT2D eigenvalue weighted by atomic mass is 10.1. The molecular weight excluding hydrogens is 373 g/mol. The molecular formula is C12H16N5O8P. The summed E-state index contributed by atoms with van der Waals surface area (Å²) in [4.78, 5) is 40.9. The molecule has 1 fully saturated rings. The van der Waals surface area contributed by atoms with Gasteiger partial charge in [-0.1, -0.05) is 0 Å². The predicted molar refractivity (Wildman–Crippen MR) is 83.2 cm³/mol. The van der Waals surface area contributed by atoms with Crippen LogP contribution in [0.4, 0.5) is 5.82 Å². The van der Waals surface area contributed by atoms with E-state index < -0.39 is 44.9 Å². The molecule has 14 heteroatoms. The van der Waals surface area contributed by atoms with Gasteiger partial charge in [-0.05, 0) is 0 Å². The molecule has 0 bridgehead atoms. The van der Waals surface area contributed by atoms with Crippen LogP contribution in [0, 0.1) is 0 Å². The molecule has 0 aliphatic carbocycles. The summed E-state index contributed by atoms with van der Waals surface area (Å²) in [6, 6.07) is 0. The lowest BCUT2D eigenvalue weighted by Gasteiger charge is -2.19. The Hall–Kier alpha value is -2.15. The Kier molecular flexibility index (Phi) is 4.92. The van der Waals surface area contributed by atoms with Gasteiger partial charge in [0.2, 0.25) is 0 Å². The van der Waals surface area contributed by atoms with Crippen molar-refractivity contribution in [1.29, 1.82) is 0 Å². The van der Waals surface area contributed by atoms with E-state index in [-0.39, 0.29) is 17.0 Å². The summed E-state index contributed by atoms with van der Waals surface area (Å²) in [6.45, 7) is 0.515. The monoisotopic (exact) mass is 389 g/mol. The van der Waals surface area contributed by atoms with Crippen LogP contribution in [0.2, 0.25) is 0 Å². The van der Waals surface area contributed by atoms with Crippen LogP contribution in [-0.4, -0.2) is 65.3 Å². The van der Waals surface area contributed by atoms with Crippen molar-refractivity contribution >= 4 is 30.8 Å². The summed E-state index contributed by atoms with van der Waals surface area (Å²) in [5.41, 5.74) is 6.26. The molecule has 1 aliphatic rings. The van der Waals surface area contributed by atoms with Crippen molar-refractivity contribution in [2.24, 2.45) is 0 Å². The second-order valence-corrected chi connectivity index (χ2v) is 6.74. The van der Waals surface area contributed by atoms with Gasteiger partial charge in [-0.15, -0.1) is 0 Å². The van der Waals surface area contributed by atoms with Crippen molar-refractivity contribution in [2.45, 2.75) is 31.5 Å². The van der Waals surface area contributed by atoms with Crippen molar-refractivity contribution in [3.63, 3.8) is 0 Å². The van der Waals surface area contributed by atoms with Gasteiger partial charge < -0.3 is 30.1 Å². The Labute approximate surface area is 146 Å². The molecule has 13 nitrogen and oxygen atoms in total. The highest BCUT2D eigenvalue weighted by atomic mass is 31.2. The lowest BCUT2D eigenvalue weighted by Crippen LogP contribution is -2.37. The lowest BCUT2D eigenvalue weighted by molar-refractivity contribution is -0.153. The highest BCUT2D eigenvalue weighted by Gasteiger charge is 2.48. The number of rotatable bonds is 5. The molecule has 142 valence electrons. The fourth-order valence-electron chi connectivity index (χ4n) is 2.65. The van der Waals surface area contributed by atoms with Crippen molar-refractivity contribution in [1.82, 2.24) is 19.5 Å². The van der Waals surface area contributed by atoms with Gasteiger partial charge in [-0.25, -0.2) is 19.5 Å². The van der Waals surface area contributed by atoms with Gasteiger partial charge in [-0.2, -0.15) is 0 Å². The van der Waals surface area contributed by atoms with Crippen molar-refractivity contribution < 1.29 is 38.3 Å². The Morgan fingerprint density at radius 3 is 2.81 bits per heavy atom. The minimum absolute atomic E-state index is 0.124. The number of aliphatic hydroxyl groups is 1. The molecule has 2 aromatic rings. The van der Waals surface area contributed by atoms with E-state index >= 15 is 0 Å². The Morgan fingerprint density at radius 1 is 1.42 bits per heavy atom. The number of esters is 1. The van der Waals surface area contributed by atoms with E-state index in [1.807, 2.05) is 0 Å². The van der Waals surface area contributed by atoms with Gasteiger partial charge in [0.25, 0.3) is 0 Å². The van der Waals surface area contributed by atoms with Crippen LogP contribution >= 0.6 is 7.82 Å². The summed E-state index contributed by atoms with van der Waals surface area (Å²) >= 11 is 0. The third kappa shape index (κ3) is 3.67. The number of nitrogens with two attached hydrogens (primary N) is 1. The molecule has 3 rings (SSSR count). The van der Waals surface area contributed by atoms with E-state index in [2.05, 4.69) is 19.5 Å². The summed E-state index contributed by atoms with van der Waals surface area (Å²) in [7, 11) is -4.78. The molecule has 0 saturated carbocycles. The maximum atomic E-state index is 11.3. The molecule has 3 heterocycles. The van der Waals surface area contributed by atoms with Crippen LogP contribution in [0.15, 0.2) is 12.7 Å². The number of phosphoric ester groups is 1. The van der Waals surface area contributed by atoms with E-state index in [1.54, 1.807) is 0 Å². The molecule has 1 aliphatic heterocycles. The normalized spacial score (nSPS) is 26.3. The Morgan fingerprint density at radius 2 is 2.15 bits per heavy atom. The van der Waals surface area contributed by atoms with Crippen LogP contribution in [0.5, 0.6) is 0 Å². The number of hydrogen-bond donors (Lipinski definition) is 4. The smallest absolute Gasteiger partial charge is 0.457 e. The van der Waals surface area contributed by atoms with Gasteiger partial charge in [0.1, 0.15) is 24.1 Å². The quantitative estimate of drug-likeness (QED) is 0.350. The van der Waals surface area contributed by atoms with Gasteiger partial charge in [-0.3, -0.25) is 13.9 Å². The first-order valence-corrected chi connectivity index (χ1v) is 8.84. The number of nitrogen functional groups attached to an aromatic ring is 1. The number of ether oxygens (including phenoxy) is 2. The number of anilines is 1. The van der Waals surface area contributed by atoms with E-state index in [4.69, 9.17) is 25.0 Å². The molecule has 0 aromatic carbocycles. The number of hydrogen-bond acceptors (Lipinski definition) is 10. The zero-order chi connectivity index (χ0) is 19.1. The SMILES string of the molecule is CC(=O)O[C@H]1[C@@H](O)[C@H](n2cnc3c(N)ncnc32)O[C@@H]1COP(=O)(O)O. The van der Waals surface area contributed by atoms with Crippen LogP contribution in [0.3, 0.4) is 0 Å². The second-order valence-electron chi connectivity index (χ2n) is 5.50. The number of carbonyl (C=O) groups is 1. The predicted octanol–water partition coefficient (Wildman–Crippen LogP) is -1.29. The van der Waals surface area contributed by atoms with Gasteiger partial charge >= 0.3 is 13.8 Å². The van der Waals surface area contributed by atoms with Crippen molar-refractivity contribution in [3.8, 4) is 0 Å². The number of phosphoric acid groups is 1. The molecule has 4 atom stereocenters. The maximum Gasteiger partial charge on any atom is 0.469 e. The van der Waals surface area contributed by atoms with Crippen LogP contribution in [0.25, 0.3) is 11.2 Å². The molecule has 5 N–H and O–H groups in total. The summed E-state index contributed by atoms with van der Waals surface area (Å²) < 4.78 is 27.3. The van der Waals surface area contributed by atoms with Crippen LogP contribution in [-0.2, 0) is 23.4 Å². The van der Waals surface area contributed by atoms with E-state index in [0.29, 0.717) is 0 Å². The highest BCUT2D eigenvalue weighted by Crippen LogP contribution is 2.39.